The highest BCUT2D eigenvalue weighted by Gasteiger charge is 2.47. The summed E-state index contributed by atoms with van der Waals surface area (Å²) in [4.78, 5) is 0. The van der Waals surface area contributed by atoms with Crippen LogP contribution in [0, 0.1) is 17.3 Å². The summed E-state index contributed by atoms with van der Waals surface area (Å²) < 4.78 is 0. The van der Waals surface area contributed by atoms with Crippen molar-refractivity contribution in [1.29, 1.82) is 0 Å². The van der Waals surface area contributed by atoms with Gasteiger partial charge in [0, 0.05) is 5.41 Å². The van der Waals surface area contributed by atoms with Gasteiger partial charge in [-0.25, -0.2) is 0 Å². The van der Waals surface area contributed by atoms with E-state index in [0.717, 1.165) is 11.8 Å². The van der Waals surface area contributed by atoms with Crippen molar-refractivity contribution in [3.05, 3.63) is 23.3 Å². The zero-order chi connectivity index (χ0) is 9.17. The molecule has 0 aromatic carbocycles. The van der Waals surface area contributed by atoms with Crippen molar-refractivity contribution in [3.8, 4) is 0 Å². The van der Waals surface area contributed by atoms with Crippen molar-refractivity contribution in [1.82, 2.24) is 0 Å². The Morgan fingerprint density at radius 1 is 1.21 bits per heavy atom. The third kappa shape index (κ3) is 0.809. The lowest BCUT2D eigenvalue weighted by Crippen LogP contribution is -2.17. The molecule has 3 atom stereocenters. The van der Waals surface area contributed by atoms with Gasteiger partial charge in [-0.2, -0.15) is 0 Å². The standard InChI is InChI=1S/C14H18/c1-2-12-7-11(1)8-13(12)14-5-3-10(9-14)4-6-14/h3,5,10-11H,1-2,4,6-9H2. The van der Waals surface area contributed by atoms with Gasteiger partial charge in [0.1, 0.15) is 0 Å². The maximum atomic E-state index is 2.57. The molecule has 4 aliphatic carbocycles. The molecule has 4 bridgehead atoms. The van der Waals surface area contributed by atoms with Crippen molar-refractivity contribution in [2.75, 3.05) is 0 Å². The minimum Gasteiger partial charge on any atom is -0.0845 e. The van der Waals surface area contributed by atoms with Gasteiger partial charge in [-0.05, 0) is 56.8 Å². The summed E-state index contributed by atoms with van der Waals surface area (Å²) >= 11 is 0. The van der Waals surface area contributed by atoms with Crippen LogP contribution in [0.1, 0.15) is 44.9 Å². The quantitative estimate of drug-likeness (QED) is 0.546. The first-order valence-electron chi connectivity index (χ1n) is 6.26. The molecule has 0 aliphatic heterocycles. The molecule has 0 heteroatoms. The van der Waals surface area contributed by atoms with Crippen LogP contribution in [0.15, 0.2) is 23.3 Å². The molecule has 0 radical (unpaired) electrons. The summed E-state index contributed by atoms with van der Waals surface area (Å²) in [6, 6.07) is 0. The third-order valence-electron chi connectivity index (χ3n) is 5.19. The Morgan fingerprint density at radius 2 is 2.21 bits per heavy atom. The molecular weight excluding hydrogens is 168 g/mol. The van der Waals surface area contributed by atoms with Crippen LogP contribution in [0.4, 0.5) is 0 Å². The molecule has 0 aromatic rings. The highest BCUT2D eigenvalue weighted by molar-refractivity contribution is 5.38. The second kappa shape index (κ2) is 2.35. The van der Waals surface area contributed by atoms with Gasteiger partial charge >= 0.3 is 0 Å². The highest BCUT2D eigenvalue weighted by Crippen LogP contribution is 2.60. The summed E-state index contributed by atoms with van der Waals surface area (Å²) in [5, 5.41) is 0. The topological polar surface area (TPSA) is 0 Å². The van der Waals surface area contributed by atoms with Gasteiger partial charge in [0.05, 0.1) is 0 Å². The predicted molar refractivity (Wildman–Crippen MR) is 57.9 cm³/mol. The molecule has 74 valence electrons. The van der Waals surface area contributed by atoms with Gasteiger partial charge in [0.15, 0.2) is 0 Å². The predicted octanol–water partition coefficient (Wildman–Crippen LogP) is 3.84. The molecule has 3 unspecified atom stereocenters. The summed E-state index contributed by atoms with van der Waals surface area (Å²) in [5.41, 5.74) is 4.38. The maximum Gasteiger partial charge on any atom is 0.00994 e. The molecular formula is C14H18. The Balaban J connectivity index is 1.79. The van der Waals surface area contributed by atoms with E-state index in [2.05, 4.69) is 12.2 Å². The number of allylic oxidation sites excluding steroid dienone is 4. The molecule has 0 heterocycles. The monoisotopic (exact) mass is 186 g/mol. The number of hydrogen-bond donors (Lipinski definition) is 0. The second-order valence-electron chi connectivity index (χ2n) is 5.91. The smallest absolute Gasteiger partial charge is 0.00994 e. The van der Waals surface area contributed by atoms with Crippen molar-refractivity contribution in [2.24, 2.45) is 17.3 Å². The Kier molecular flexibility index (Phi) is 1.30. The van der Waals surface area contributed by atoms with Crippen LogP contribution in [0.5, 0.6) is 0 Å². The van der Waals surface area contributed by atoms with E-state index < -0.39 is 0 Å². The van der Waals surface area contributed by atoms with E-state index in [1.165, 1.54) is 44.9 Å². The normalized spacial score (nSPS) is 48.6. The van der Waals surface area contributed by atoms with Crippen molar-refractivity contribution in [2.45, 2.75) is 44.9 Å². The molecule has 0 saturated heterocycles. The Bertz CT molecular complexity index is 347. The summed E-state index contributed by atoms with van der Waals surface area (Å²) in [7, 11) is 0. The summed E-state index contributed by atoms with van der Waals surface area (Å²) in [6.45, 7) is 0. The van der Waals surface area contributed by atoms with Gasteiger partial charge in [-0.1, -0.05) is 23.3 Å². The minimum atomic E-state index is 0.592. The van der Waals surface area contributed by atoms with Crippen LogP contribution < -0.4 is 0 Å². The Hall–Kier alpha value is -0.520. The van der Waals surface area contributed by atoms with Gasteiger partial charge in [-0.3, -0.25) is 0 Å². The third-order valence-corrected chi connectivity index (χ3v) is 5.19. The highest BCUT2D eigenvalue weighted by atomic mass is 14.5. The van der Waals surface area contributed by atoms with Crippen LogP contribution in [-0.4, -0.2) is 0 Å². The fraction of sp³-hybridized carbons (Fsp3) is 0.714. The first kappa shape index (κ1) is 7.73. The first-order valence-corrected chi connectivity index (χ1v) is 6.26. The molecule has 0 aromatic heterocycles. The van der Waals surface area contributed by atoms with E-state index in [0.29, 0.717) is 5.41 Å². The van der Waals surface area contributed by atoms with E-state index in [-0.39, 0.29) is 0 Å². The SMILES string of the molecule is C1=CC2(C3=C4CCC(C4)C3)CCC1C2. The van der Waals surface area contributed by atoms with Crippen molar-refractivity contribution in [3.63, 3.8) is 0 Å². The van der Waals surface area contributed by atoms with Crippen LogP contribution in [0.3, 0.4) is 0 Å². The van der Waals surface area contributed by atoms with Crippen LogP contribution in [0.25, 0.3) is 0 Å². The van der Waals surface area contributed by atoms with E-state index in [9.17, 15) is 0 Å². The fourth-order valence-corrected chi connectivity index (χ4v) is 4.49. The summed E-state index contributed by atoms with van der Waals surface area (Å²) in [6.07, 6.45) is 15.4. The molecule has 4 aliphatic rings. The lowest BCUT2D eigenvalue weighted by atomic mass is 9.75. The lowest BCUT2D eigenvalue weighted by Gasteiger charge is -2.29. The molecule has 0 amide bonds. The average molecular weight is 186 g/mol. The van der Waals surface area contributed by atoms with Crippen LogP contribution >= 0.6 is 0 Å². The second-order valence-corrected chi connectivity index (χ2v) is 5.91. The van der Waals surface area contributed by atoms with E-state index in [1.54, 1.807) is 0 Å². The first-order chi connectivity index (χ1) is 6.86. The molecule has 0 N–H and O–H groups in total. The molecule has 0 nitrogen and oxygen atoms in total. The van der Waals surface area contributed by atoms with Gasteiger partial charge in [-0.15, -0.1) is 0 Å². The number of rotatable bonds is 1. The minimum absolute atomic E-state index is 0.592. The summed E-state index contributed by atoms with van der Waals surface area (Å²) in [5.74, 6) is 2.00. The van der Waals surface area contributed by atoms with Gasteiger partial charge in [0.25, 0.3) is 0 Å². The maximum absolute atomic E-state index is 2.57. The van der Waals surface area contributed by atoms with Gasteiger partial charge < -0.3 is 0 Å². The van der Waals surface area contributed by atoms with Gasteiger partial charge in [0.2, 0.25) is 0 Å². The zero-order valence-corrected chi connectivity index (χ0v) is 8.76. The van der Waals surface area contributed by atoms with E-state index in [1.807, 2.05) is 11.1 Å². The molecule has 14 heavy (non-hydrogen) atoms. The molecule has 2 fully saturated rings. The van der Waals surface area contributed by atoms with E-state index >= 15 is 0 Å². The van der Waals surface area contributed by atoms with E-state index in [4.69, 9.17) is 0 Å². The molecule has 4 rings (SSSR count). The van der Waals surface area contributed by atoms with Crippen molar-refractivity contribution >= 4 is 0 Å². The average Bonchev–Trinajstić information content (AvgIpc) is 2.98. The van der Waals surface area contributed by atoms with Crippen LogP contribution in [0.2, 0.25) is 0 Å². The number of fused-ring (bicyclic) bond motifs is 4. The Morgan fingerprint density at radius 3 is 2.71 bits per heavy atom. The van der Waals surface area contributed by atoms with Crippen LogP contribution in [-0.2, 0) is 0 Å². The molecule has 2 saturated carbocycles. The molecule has 0 spiro atoms. The van der Waals surface area contributed by atoms with Crippen molar-refractivity contribution < 1.29 is 0 Å². The lowest BCUT2D eigenvalue weighted by molar-refractivity contribution is 0.433. The largest absolute Gasteiger partial charge is 0.0845 e. The number of hydrogen-bond acceptors (Lipinski definition) is 0. The fourth-order valence-electron chi connectivity index (χ4n) is 4.49. The Labute approximate surface area is 86.1 Å². The zero-order valence-electron chi connectivity index (χ0n) is 8.76.